The minimum absolute atomic E-state index is 0.00113. The molecule has 1 N–H and O–H groups in total. The molecule has 1 aromatic heterocycles. The molecule has 0 bridgehead atoms. The number of piperidine rings is 1. The summed E-state index contributed by atoms with van der Waals surface area (Å²) in [5, 5.41) is 2.93. The molecule has 6 nitrogen and oxygen atoms in total. The molecule has 2 saturated heterocycles. The summed E-state index contributed by atoms with van der Waals surface area (Å²) in [6, 6.07) is 4.55. The average Bonchev–Trinajstić information content (AvgIpc) is 3.00. The Hall–Kier alpha value is -1.95. The fourth-order valence-corrected chi connectivity index (χ4v) is 3.78. The van der Waals surface area contributed by atoms with E-state index < -0.39 is 0 Å². The van der Waals surface area contributed by atoms with Crippen LogP contribution in [0, 0.1) is 0 Å². The molecule has 0 unspecified atom stereocenters. The summed E-state index contributed by atoms with van der Waals surface area (Å²) in [7, 11) is 2.13. The van der Waals surface area contributed by atoms with Crippen LogP contribution in [-0.2, 0) is 4.79 Å². The van der Waals surface area contributed by atoms with Crippen LogP contribution < -0.4 is 5.32 Å². The van der Waals surface area contributed by atoms with Gasteiger partial charge in [0, 0.05) is 38.3 Å². The lowest BCUT2D eigenvalue weighted by Gasteiger charge is -2.32. The first-order valence-electron chi connectivity index (χ1n) is 8.77. The van der Waals surface area contributed by atoms with Gasteiger partial charge in [-0.15, -0.1) is 0 Å². The minimum atomic E-state index is -0.00479. The van der Waals surface area contributed by atoms with Crippen molar-refractivity contribution in [3.8, 4) is 0 Å². The van der Waals surface area contributed by atoms with Gasteiger partial charge < -0.3 is 10.2 Å². The molecule has 130 valence electrons. The first-order valence-corrected chi connectivity index (χ1v) is 8.77. The first kappa shape index (κ1) is 16.9. The van der Waals surface area contributed by atoms with Gasteiger partial charge in [0.05, 0.1) is 0 Å². The molecule has 2 fully saturated rings. The van der Waals surface area contributed by atoms with E-state index in [1.807, 2.05) is 17.0 Å². The molecular formula is C18H26N4O2. The van der Waals surface area contributed by atoms with Crippen molar-refractivity contribution < 1.29 is 9.59 Å². The van der Waals surface area contributed by atoms with E-state index in [0.29, 0.717) is 24.8 Å². The molecule has 0 saturated carbocycles. The van der Waals surface area contributed by atoms with E-state index in [1.165, 1.54) is 18.9 Å². The van der Waals surface area contributed by atoms with Gasteiger partial charge in [0.1, 0.15) is 5.69 Å². The molecule has 2 amide bonds. The predicted molar refractivity (Wildman–Crippen MR) is 91.6 cm³/mol. The third-order valence-corrected chi connectivity index (χ3v) is 5.10. The standard InChI is InChI=1S/C18H26N4O2/c1-13(23)20-15-6-10-22(11-7-15)18(24)16-12-14(5-8-19-16)17-4-3-9-21(17)2/h5,8,12,15,17H,3-4,6-7,9-11H2,1-2H3,(H,20,23)/t17-/m0/s1. The van der Waals surface area contributed by atoms with Crippen LogP contribution in [0.2, 0.25) is 0 Å². The highest BCUT2D eigenvalue weighted by atomic mass is 16.2. The van der Waals surface area contributed by atoms with Crippen LogP contribution in [0.1, 0.15) is 54.7 Å². The molecular weight excluding hydrogens is 304 g/mol. The summed E-state index contributed by atoms with van der Waals surface area (Å²) in [6.07, 6.45) is 5.69. The second-order valence-corrected chi connectivity index (χ2v) is 6.88. The van der Waals surface area contributed by atoms with Gasteiger partial charge in [-0.3, -0.25) is 19.5 Å². The Labute approximate surface area is 143 Å². The van der Waals surface area contributed by atoms with Crippen LogP contribution in [0.15, 0.2) is 18.3 Å². The van der Waals surface area contributed by atoms with Crippen molar-refractivity contribution in [3.05, 3.63) is 29.6 Å². The summed E-state index contributed by atoms with van der Waals surface area (Å²) in [5.41, 5.74) is 1.72. The zero-order chi connectivity index (χ0) is 17.1. The van der Waals surface area contributed by atoms with Crippen molar-refractivity contribution in [1.29, 1.82) is 0 Å². The maximum atomic E-state index is 12.7. The zero-order valence-corrected chi connectivity index (χ0v) is 14.5. The Morgan fingerprint density at radius 3 is 2.58 bits per heavy atom. The Bertz CT molecular complexity index is 611. The number of nitrogens with one attached hydrogen (secondary N) is 1. The molecule has 2 aliphatic heterocycles. The second-order valence-electron chi connectivity index (χ2n) is 6.88. The summed E-state index contributed by atoms with van der Waals surface area (Å²) >= 11 is 0. The summed E-state index contributed by atoms with van der Waals surface area (Å²) < 4.78 is 0. The van der Waals surface area contributed by atoms with E-state index in [2.05, 4.69) is 22.2 Å². The number of rotatable bonds is 3. The first-order chi connectivity index (χ1) is 11.5. The Morgan fingerprint density at radius 1 is 1.21 bits per heavy atom. The number of amides is 2. The van der Waals surface area contributed by atoms with Gasteiger partial charge in [0.2, 0.25) is 5.91 Å². The zero-order valence-electron chi connectivity index (χ0n) is 14.5. The number of nitrogens with zero attached hydrogens (tertiary/aromatic N) is 3. The van der Waals surface area contributed by atoms with Crippen molar-refractivity contribution in [2.45, 2.75) is 44.7 Å². The second kappa shape index (κ2) is 7.30. The number of aromatic nitrogens is 1. The van der Waals surface area contributed by atoms with Gasteiger partial charge >= 0.3 is 0 Å². The van der Waals surface area contributed by atoms with Crippen LogP contribution >= 0.6 is 0 Å². The lowest BCUT2D eigenvalue weighted by atomic mass is 10.0. The van der Waals surface area contributed by atoms with Crippen molar-refractivity contribution in [1.82, 2.24) is 20.1 Å². The molecule has 6 heteroatoms. The quantitative estimate of drug-likeness (QED) is 0.914. The fourth-order valence-electron chi connectivity index (χ4n) is 3.78. The summed E-state index contributed by atoms with van der Waals surface area (Å²) in [6.45, 7) is 3.97. The van der Waals surface area contributed by atoms with Gasteiger partial charge in [-0.2, -0.15) is 0 Å². The highest BCUT2D eigenvalue weighted by Gasteiger charge is 2.27. The third kappa shape index (κ3) is 3.75. The molecule has 0 aromatic carbocycles. The number of hydrogen-bond donors (Lipinski definition) is 1. The van der Waals surface area contributed by atoms with E-state index in [4.69, 9.17) is 0 Å². The number of carbonyl (C=O) groups excluding carboxylic acids is 2. The highest BCUT2D eigenvalue weighted by Crippen LogP contribution is 2.30. The molecule has 0 aliphatic carbocycles. The van der Waals surface area contributed by atoms with E-state index in [9.17, 15) is 9.59 Å². The Morgan fingerprint density at radius 2 is 1.96 bits per heavy atom. The van der Waals surface area contributed by atoms with E-state index in [-0.39, 0.29) is 17.9 Å². The predicted octanol–water partition coefficient (Wildman–Crippen LogP) is 1.59. The lowest BCUT2D eigenvalue weighted by molar-refractivity contribution is -0.119. The van der Waals surface area contributed by atoms with E-state index in [1.54, 1.807) is 6.20 Å². The van der Waals surface area contributed by atoms with Gasteiger partial charge in [0.15, 0.2) is 0 Å². The topological polar surface area (TPSA) is 65.5 Å². The highest BCUT2D eigenvalue weighted by molar-refractivity contribution is 5.92. The van der Waals surface area contributed by atoms with Gasteiger partial charge in [-0.05, 0) is 57.0 Å². The van der Waals surface area contributed by atoms with Crippen molar-refractivity contribution in [3.63, 3.8) is 0 Å². The van der Waals surface area contributed by atoms with Crippen molar-refractivity contribution in [2.75, 3.05) is 26.7 Å². The number of likely N-dealkylation sites (tertiary alicyclic amines) is 2. The average molecular weight is 330 g/mol. The van der Waals surface area contributed by atoms with Crippen molar-refractivity contribution in [2.24, 2.45) is 0 Å². The third-order valence-electron chi connectivity index (χ3n) is 5.10. The molecule has 1 atom stereocenters. The summed E-state index contributed by atoms with van der Waals surface area (Å²) in [4.78, 5) is 32.4. The SMILES string of the molecule is CC(=O)NC1CCN(C(=O)c2cc([C@@H]3CCCN3C)ccn2)CC1. The molecule has 24 heavy (non-hydrogen) atoms. The smallest absolute Gasteiger partial charge is 0.272 e. The normalized spacial score (nSPS) is 22.6. The van der Waals surface area contributed by atoms with Crippen LogP contribution in [0.3, 0.4) is 0 Å². The molecule has 2 aliphatic rings. The monoisotopic (exact) mass is 330 g/mol. The fraction of sp³-hybridized carbons (Fsp3) is 0.611. The molecule has 0 spiro atoms. The molecule has 3 rings (SSSR count). The van der Waals surface area contributed by atoms with Gasteiger partial charge in [-0.1, -0.05) is 0 Å². The van der Waals surface area contributed by atoms with Crippen molar-refractivity contribution >= 4 is 11.8 Å². The largest absolute Gasteiger partial charge is 0.353 e. The van der Waals surface area contributed by atoms with Crippen LogP contribution in [-0.4, -0.2) is 59.3 Å². The van der Waals surface area contributed by atoms with Crippen LogP contribution in [0.5, 0.6) is 0 Å². The van der Waals surface area contributed by atoms with Gasteiger partial charge in [0.25, 0.3) is 5.91 Å². The maximum absolute atomic E-state index is 12.7. The Balaban J connectivity index is 1.64. The summed E-state index contributed by atoms with van der Waals surface area (Å²) in [5.74, 6) is -0.00592. The minimum Gasteiger partial charge on any atom is -0.353 e. The maximum Gasteiger partial charge on any atom is 0.272 e. The van der Waals surface area contributed by atoms with Crippen LogP contribution in [0.4, 0.5) is 0 Å². The molecule has 0 radical (unpaired) electrons. The lowest BCUT2D eigenvalue weighted by Crippen LogP contribution is -2.46. The Kier molecular flexibility index (Phi) is 5.14. The van der Waals surface area contributed by atoms with E-state index >= 15 is 0 Å². The molecule has 3 heterocycles. The number of hydrogen-bond acceptors (Lipinski definition) is 4. The number of carbonyl (C=O) groups is 2. The van der Waals surface area contributed by atoms with E-state index in [0.717, 1.165) is 25.8 Å². The van der Waals surface area contributed by atoms with Crippen LogP contribution in [0.25, 0.3) is 0 Å². The molecule has 1 aromatic rings. The van der Waals surface area contributed by atoms with Gasteiger partial charge in [-0.25, -0.2) is 0 Å². The number of pyridine rings is 1.